The predicted molar refractivity (Wildman–Crippen MR) is 78.6 cm³/mol. The van der Waals surface area contributed by atoms with Gasteiger partial charge in [0.05, 0.1) is 10.4 Å². The smallest absolute Gasteiger partial charge is 0.233 e. The highest BCUT2D eigenvalue weighted by Gasteiger charge is 2.42. The zero-order chi connectivity index (χ0) is 14.5. The van der Waals surface area contributed by atoms with Gasteiger partial charge in [-0.3, -0.25) is 9.59 Å². The lowest BCUT2D eigenvalue weighted by Crippen LogP contribution is -2.50. The van der Waals surface area contributed by atoms with Crippen LogP contribution < -0.4 is 11.1 Å². The number of nitrogens with two attached hydrogens (primary N) is 1. The van der Waals surface area contributed by atoms with E-state index >= 15 is 0 Å². The van der Waals surface area contributed by atoms with Gasteiger partial charge in [-0.2, -0.15) is 0 Å². The van der Waals surface area contributed by atoms with Crippen molar-refractivity contribution in [2.75, 3.05) is 20.6 Å². The molecule has 1 aliphatic rings. The molecule has 0 atom stereocenters. The van der Waals surface area contributed by atoms with Gasteiger partial charge in [0.25, 0.3) is 0 Å². The van der Waals surface area contributed by atoms with Crippen LogP contribution in [0.2, 0.25) is 0 Å². The Morgan fingerprint density at radius 1 is 1.26 bits per heavy atom. The lowest BCUT2D eigenvalue weighted by Gasteiger charge is -2.34. The first-order valence-corrected chi connectivity index (χ1v) is 7.09. The van der Waals surface area contributed by atoms with Crippen LogP contribution in [0.1, 0.15) is 38.5 Å². The first-order chi connectivity index (χ1) is 8.90. The number of nitrogens with zero attached hydrogens (tertiary/aromatic N) is 1. The first-order valence-electron chi connectivity index (χ1n) is 6.68. The molecule has 0 spiro atoms. The van der Waals surface area contributed by atoms with E-state index in [1.807, 2.05) is 0 Å². The second-order valence-corrected chi connectivity index (χ2v) is 5.74. The number of hydrogen-bond donors (Lipinski definition) is 2. The Labute approximate surface area is 119 Å². The number of rotatable bonds is 5. The highest BCUT2D eigenvalue weighted by Crippen LogP contribution is 2.36. The number of amides is 2. The monoisotopic (exact) mass is 285 g/mol. The van der Waals surface area contributed by atoms with Crippen molar-refractivity contribution in [2.24, 2.45) is 11.1 Å². The van der Waals surface area contributed by atoms with E-state index in [0.717, 1.165) is 32.1 Å². The molecule has 0 aliphatic heterocycles. The summed E-state index contributed by atoms with van der Waals surface area (Å²) in [6.45, 7) is 0.334. The van der Waals surface area contributed by atoms with Crippen molar-refractivity contribution in [3.05, 3.63) is 0 Å². The van der Waals surface area contributed by atoms with Gasteiger partial charge in [-0.15, -0.1) is 0 Å². The van der Waals surface area contributed by atoms with Crippen molar-refractivity contribution in [2.45, 2.75) is 38.5 Å². The fraction of sp³-hybridized carbons (Fsp3) is 0.769. The molecule has 0 bridgehead atoms. The van der Waals surface area contributed by atoms with Crippen LogP contribution in [0.25, 0.3) is 0 Å². The highest BCUT2D eigenvalue weighted by atomic mass is 32.1. The van der Waals surface area contributed by atoms with Gasteiger partial charge in [0.2, 0.25) is 11.8 Å². The number of carbonyl (C=O) groups is 2. The molecule has 1 fully saturated rings. The molecule has 6 heteroatoms. The van der Waals surface area contributed by atoms with Crippen molar-refractivity contribution < 1.29 is 9.59 Å². The Morgan fingerprint density at radius 3 is 2.32 bits per heavy atom. The summed E-state index contributed by atoms with van der Waals surface area (Å²) in [6, 6.07) is 0. The van der Waals surface area contributed by atoms with Crippen LogP contribution in [-0.2, 0) is 9.59 Å². The average molecular weight is 285 g/mol. The standard InChI is InChI=1S/C13H23N3O2S/c1-16(2)10(17)6-9-15-12(18)13(11(14)19)7-4-3-5-8-13/h3-9H2,1-2H3,(H2,14,19)(H,15,18). The molecule has 0 aromatic rings. The molecule has 1 rings (SSSR count). The van der Waals surface area contributed by atoms with E-state index in [2.05, 4.69) is 5.32 Å². The zero-order valence-electron chi connectivity index (χ0n) is 11.7. The van der Waals surface area contributed by atoms with Crippen molar-refractivity contribution in [1.82, 2.24) is 10.2 Å². The third-order valence-electron chi connectivity index (χ3n) is 3.74. The van der Waals surface area contributed by atoms with E-state index in [1.54, 1.807) is 14.1 Å². The number of hydrogen-bond acceptors (Lipinski definition) is 3. The molecule has 0 heterocycles. The summed E-state index contributed by atoms with van der Waals surface area (Å²) in [7, 11) is 3.39. The Bertz CT molecular complexity index is 363. The van der Waals surface area contributed by atoms with Gasteiger partial charge in [-0.1, -0.05) is 31.5 Å². The SMILES string of the molecule is CN(C)C(=O)CCNC(=O)C1(C(N)=S)CCCCC1. The van der Waals surface area contributed by atoms with E-state index in [9.17, 15) is 9.59 Å². The Morgan fingerprint density at radius 2 is 1.84 bits per heavy atom. The molecule has 0 aromatic carbocycles. The Kier molecular flexibility index (Phi) is 5.72. The van der Waals surface area contributed by atoms with Crippen LogP contribution in [0.5, 0.6) is 0 Å². The molecule has 5 nitrogen and oxygen atoms in total. The zero-order valence-corrected chi connectivity index (χ0v) is 12.5. The Hall–Kier alpha value is -1.17. The Balaban J connectivity index is 2.54. The summed E-state index contributed by atoms with van der Waals surface area (Å²) >= 11 is 5.09. The first kappa shape index (κ1) is 15.9. The molecular formula is C13H23N3O2S. The summed E-state index contributed by atoms with van der Waals surface area (Å²) in [4.78, 5) is 25.5. The summed E-state index contributed by atoms with van der Waals surface area (Å²) in [6.07, 6.45) is 4.80. The van der Waals surface area contributed by atoms with Gasteiger partial charge < -0.3 is 16.0 Å². The largest absolute Gasteiger partial charge is 0.392 e. The van der Waals surface area contributed by atoms with Gasteiger partial charge in [0, 0.05) is 27.1 Å². The van der Waals surface area contributed by atoms with Gasteiger partial charge in [0.15, 0.2) is 0 Å². The minimum Gasteiger partial charge on any atom is -0.392 e. The van der Waals surface area contributed by atoms with Crippen LogP contribution in [-0.4, -0.2) is 42.3 Å². The predicted octanol–water partition coefficient (Wildman–Crippen LogP) is 0.817. The molecule has 0 aromatic heterocycles. The van der Waals surface area contributed by atoms with Crippen LogP contribution in [0.15, 0.2) is 0 Å². The quantitative estimate of drug-likeness (QED) is 0.733. The molecule has 0 radical (unpaired) electrons. The third-order valence-corrected chi connectivity index (χ3v) is 4.13. The maximum atomic E-state index is 12.3. The van der Waals surface area contributed by atoms with E-state index in [1.165, 1.54) is 4.90 Å². The van der Waals surface area contributed by atoms with E-state index in [-0.39, 0.29) is 16.8 Å². The van der Waals surface area contributed by atoms with Gasteiger partial charge in [0.1, 0.15) is 0 Å². The molecule has 0 saturated heterocycles. The fourth-order valence-electron chi connectivity index (χ4n) is 2.42. The molecule has 1 aliphatic carbocycles. The summed E-state index contributed by atoms with van der Waals surface area (Å²) in [5, 5.41) is 2.81. The normalized spacial score (nSPS) is 17.6. The van der Waals surface area contributed by atoms with E-state index in [4.69, 9.17) is 18.0 Å². The summed E-state index contributed by atoms with van der Waals surface area (Å²) in [5.74, 6) is -0.125. The number of thiocarbonyl (C=S) groups is 1. The van der Waals surface area contributed by atoms with Crippen molar-refractivity contribution in [3.8, 4) is 0 Å². The number of nitrogens with one attached hydrogen (secondary N) is 1. The summed E-state index contributed by atoms with van der Waals surface area (Å²) in [5.41, 5.74) is 5.08. The van der Waals surface area contributed by atoms with Crippen LogP contribution in [0, 0.1) is 5.41 Å². The van der Waals surface area contributed by atoms with Crippen LogP contribution in [0.3, 0.4) is 0 Å². The van der Waals surface area contributed by atoms with Gasteiger partial charge in [-0.05, 0) is 12.8 Å². The lowest BCUT2D eigenvalue weighted by atomic mass is 9.73. The van der Waals surface area contributed by atoms with Gasteiger partial charge >= 0.3 is 0 Å². The van der Waals surface area contributed by atoms with Crippen molar-refractivity contribution in [1.29, 1.82) is 0 Å². The molecule has 3 N–H and O–H groups in total. The molecule has 108 valence electrons. The molecule has 19 heavy (non-hydrogen) atoms. The van der Waals surface area contributed by atoms with Crippen molar-refractivity contribution >= 4 is 29.0 Å². The van der Waals surface area contributed by atoms with Crippen LogP contribution >= 0.6 is 12.2 Å². The third kappa shape index (κ3) is 3.89. The minimum atomic E-state index is -0.700. The topological polar surface area (TPSA) is 75.4 Å². The van der Waals surface area contributed by atoms with Gasteiger partial charge in [-0.25, -0.2) is 0 Å². The molecule has 1 saturated carbocycles. The molecule has 0 unspecified atom stereocenters. The second-order valence-electron chi connectivity index (χ2n) is 5.30. The fourth-order valence-corrected chi connectivity index (χ4v) is 2.71. The van der Waals surface area contributed by atoms with E-state index in [0.29, 0.717) is 13.0 Å². The second kappa shape index (κ2) is 6.84. The minimum absolute atomic E-state index is 0.00619. The lowest BCUT2D eigenvalue weighted by molar-refractivity contribution is -0.130. The average Bonchev–Trinajstić information content (AvgIpc) is 2.38. The van der Waals surface area contributed by atoms with Crippen LogP contribution in [0.4, 0.5) is 0 Å². The number of carbonyl (C=O) groups excluding carboxylic acids is 2. The maximum Gasteiger partial charge on any atom is 0.233 e. The van der Waals surface area contributed by atoms with E-state index < -0.39 is 5.41 Å². The maximum absolute atomic E-state index is 12.3. The summed E-state index contributed by atoms with van der Waals surface area (Å²) < 4.78 is 0. The molecule has 2 amide bonds. The highest BCUT2D eigenvalue weighted by molar-refractivity contribution is 7.80. The molecular weight excluding hydrogens is 262 g/mol. The van der Waals surface area contributed by atoms with Crippen molar-refractivity contribution in [3.63, 3.8) is 0 Å².